The van der Waals surface area contributed by atoms with E-state index in [9.17, 15) is 0 Å². The number of rotatable bonds is 7. The summed E-state index contributed by atoms with van der Waals surface area (Å²) in [6.45, 7) is 4.80. The summed E-state index contributed by atoms with van der Waals surface area (Å²) in [4.78, 5) is 0. The molecular weight excluding hydrogens is 160 g/mol. The van der Waals surface area contributed by atoms with E-state index in [-0.39, 0.29) is 0 Å². The maximum atomic E-state index is 5.15. The molecule has 0 bridgehead atoms. The zero-order valence-electron chi connectivity index (χ0n) is 7.13. The molecule has 0 spiro atoms. The van der Waals surface area contributed by atoms with Crippen LogP contribution in [0.25, 0.3) is 0 Å². The van der Waals surface area contributed by atoms with Crippen LogP contribution in [0.15, 0.2) is 0 Å². The Labute approximate surface area is 71.6 Å². The van der Waals surface area contributed by atoms with Crippen molar-refractivity contribution in [2.45, 2.75) is 33.2 Å². The van der Waals surface area contributed by atoms with E-state index in [1.807, 2.05) is 13.8 Å². The fourth-order valence-corrected chi connectivity index (χ4v) is 0.680. The van der Waals surface area contributed by atoms with E-state index in [4.69, 9.17) is 13.9 Å². The zero-order chi connectivity index (χ0) is 8.53. The van der Waals surface area contributed by atoms with E-state index in [2.05, 4.69) is 10.5 Å². The van der Waals surface area contributed by atoms with Crippen molar-refractivity contribution in [2.24, 2.45) is 0 Å². The van der Waals surface area contributed by atoms with Crippen molar-refractivity contribution in [3.05, 3.63) is 0 Å². The molecular formula is C7H15O3Si. The van der Waals surface area contributed by atoms with Crippen LogP contribution < -0.4 is 0 Å². The number of ether oxygens (including phenoxy) is 2. The zero-order valence-corrected chi connectivity index (χ0v) is 8.13. The first-order valence-electron chi connectivity index (χ1n) is 3.90. The molecule has 11 heavy (non-hydrogen) atoms. The van der Waals surface area contributed by atoms with Gasteiger partial charge in [-0.2, -0.15) is 0 Å². The van der Waals surface area contributed by atoms with E-state index in [1.165, 1.54) is 0 Å². The lowest BCUT2D eigenvalue weighted by Gasteiger charge is -2.15. The van der Waals surface area contributed by atoms with E-state index in [0.717, 1.165) is 12.8 Å². The average molecular weight is 175 g/mol. The molecule has 4 heteroatoms. The summed E-state index contributed by atoms with van der Waals surface area (Å²) in [5, 5.41) is 0. The number of hydrogen-bond acceptors (Lipinski definition) is 3. The van der Waals surface area contributed by atoms with Crippen molar-refractivity contribution >= 4 is 10.5 Å². The molecule has 0 aromatic rings. The minimum absolute atomic E-state index is 0.563. The molecule has 0 aromatic carbocycles. The molecule has 65 valence electrons. The van der Waals surface area contributed by atoms with Gasteiger partial charge in [-0.3, -0.25) is 0 Å². The Morgan fingerprint density at radius 2 is 1.55 bits per heavy atom. The standard InChI is InChI=1S/C7H15O3Si/c1-3-5-8-7(10-11)9-6-4-2/h7H,3-6H2,1-2H3. The molecule has 0 unspecified atom stereocenters. The molecule has 0 saturated carbocycles. The summed E-state index contributed by atoms with van der Waals surface area (Å²) in [6.07, 6.45) is 1.92. The molecule has 0 saturated heterocycles. The molecule has 0 amide bonds. The Bertz CT molecular complexity index is 72.1. The van der Waals surface area contributed by atoms with E-state index in [0.29, 0.717) is 13.2 Å². The minimum atomic E-state index is -0.563. The van der Waals surface area contributed by atoms with Crippen molar-refractivity contribution in [1.82, 2.24) is 0 Å². The van der Waals surface area contributed by atoms with Crippen LogP contribution in [0.5, 0.6) is 0 Å². The van der Waals surface area contributed by atoms with Crippen molar-refractivity contribution in [3.63, 3.8) is 0 Å². The monoisotopic (exact) mass is 175 g/mol. The molecule has 0 aliphatic carbocycles. The van der Waals surface area contributed by atoms with Crippen molar-refractivity contribution in [1.29, 1.82) is 0 Å². The molecule has 0 heterocycles. The van der Waals surface area contributed by atoms with Crippen LogP contribution in [0.1, 0.15) is 26.7 Å². The molecule has 0 aliphatic rings. The normalized spacial score (nSPS) is 10.9. The van der Waals surface area contributed by atoms with Crippen LogP contribution >= 0.6 is 0 Å². The van der Waals surface area contributed by atoms with Gasteiger partial charge in [0.15, 0.2) is 0 Å². The predicted octanol–water partition coefficient (Wildman–Crippen LogP) is 1.22. The molecule has 3 radical (unpaired) electrons. The Balaban J connectivity index is 3.25. The summed E-state index contributed by atoms with van der Waals surface area (Å²) < 4.78 is 15.0. The van der Waals surface area contributed by atoms with Gasteiger partial charge in [0.05, 0.1) is 13.2 Å². The summed E-state index contributed by atoms with van der Waals surface area (Å²) in [5.74, 6) is 0. The van der Waals surface area contributed by atoms with Gasteiger partial charge < -0.3 is 13.9 Å². The Morgan fingerprint density at radius 3 is 1.82 bits per heavy atom. The second-order valence-electron chi connectivity index (χ2n) is 2.15. The highest BCUT2D eigenvalue weighted by Crippen LogP contribution is 1.97. The second-order valence-corrected chi connectivity index (χ2v) is 2.38. The van der Waals surface area contributed by atoms with E-state index in [1.54, 1.807) is 0 Å². The third-order valence-electron chi connectivity index (χ3n) is 1.01. The predicted molar refractivity (Wildman–Crippen MR) is 43.1 cm³/mol. The lowest BCUT2D eigenvalue weighted by atomic mass is 10.5. The van der Waals surface area contributed by atoms with Crippen LogP contribution in [0.4, 0.5) is 0 Å². The summed E-state index contributed by atoms with van der Waals surface area (Å²) in [5.41, 5.74) is 0. The molecule has 3 nitrogen and oxygen atoms in total. The molecule has 0 fully saturated rings. The Hall–Kier alpha value is 0.0969. The fraction of sp³-hybridized carbons (Fsp3) is 1.00. The van der Waals surface area contributed by atoms with E-state index < -0.39 is 6.48 Å². The third kappa shape index (κ3) is 6.49. The average Bonchev–Trinajstić information content (AvgIpc) is 2.05. The lowest BCUT2D eigenvalue weighted by Crippen LogP contribution is -2.20. The Kier molecular flexibility index (Phi) is 8.27. The molecule has 0 rings (SSSR count). The topological polar surface area (TPSA) is 27.7 Å². The summed E-state index contributed by atoms with van der Waals surface area (Å²) in [7, 11) is 2.87. The summed E-state index contributed by atoms with van der Waals surface area (Å²) in [6, 6.07) is 0. The van der Waals surface area contributed by atoms with Crippen LogP contribution in [0, 0.1) is 0 Å². The molecule has 0 aliphatic heterocycles. The van der Waals surface area contributed by atoms with Crippen molar-refractivity contribution < 1.29 is 13.9 Å². The quantitative estimate of drug-likeness (QED) is 0.430. The SMILES string of the molecule is CCCOC(O[Si])OCCC. The second kappa shape index (κ2) is 8.20. The highest BCUT2D eigenvalue weighted by Gasteiger charge is 2.04. The molecule has 0 N–H and O–H groups in total. The first kappa shape index (κ1) is 11.1. The largest absolute Gasteiger partial charge is 0.373 e. The van der Waals surface area contributed by atoms with Gasteiger partial charge in [0, 0.05) is 0 Å². The van der Waals surface area contributed by atoms with Crippen LogP contribution in [-0.2, 0) is 13.9 Å². The molecule has 0 aromatic heterocycles. The van der Waals surface area contributed by atoms with Crippen LogP contribution in [0.2, 0.25) is 0 Å². The summed E-state index contributed by atoms with van der Waals surface area (Å²) >= 11 is 0. The van der Waals surface area contributed by atoms with Gasteiger partial charge >= 0.3 is 0 Å². The highest BCUT2D eigenvalue weighted by molar-refractivity contribution is 5.97. The fourth-order valence-electron chi connectivity index (χ4n) is 0.544. The first-order chi connectivity index (χ1) is 5.35. The van der Waals surface area contributed by atoms with Gasteiger partial charge in [-0.15, -0.1) is 0 Å². The third-order valence-corrected chi connectivity index (χ3v) is 1.20. The highest BCUT2D eigenvalue weighted by atomic mass is 28.2. The van der Waals surface area contributed by atoms with Gasteiger partial charge in [-0.1, -0.05) is 13.8 Å². The lowest BCUT2D eigenvalue weighted by molar-refractivity contribution is -0.245. The smallest absolute Gasteiger partial charge is 0.261 e. The van der Waals surface area contributed by atoms with Gasteiger partial charge in [0.25, 0.3) is 17.0 Å². The van der Waals surface area contributed by atoms with Crippen molar-refractivity contribution in [3.8, 4) is 0 Å². The van der Waals surface area contributed by atoms with Crippen LogP contribution in [0.3, 0.4) is 0 Å². The van der Waals surface area contributed by atoms with Crippen molar-refractivity contribution in [2.75, 3.05) is 13.2 Å². The number of hydrogen-bond donors (Lipinski definition) is 0. The maximum absolute atomic E-state index is 5.15. The van der Waals surface area contributed by atoms with Gasteiger partial charge in [-0.25, -0.2) is 0 Å². The van der Waals surface area contributed by atoms with E-state index >= 15 is 0 Å². The maximum Gasteiger partial charge on any atom is 0.261 e. The van der Waals surface area contributed by atoms with Gasteiger partial charge in [-0.05, 0) is 12.8 Å². The Morgan fingerprint density at radius 1 is 1.09 bits per heavy atom. The van der Waals surface area contributed by atoms with Gasteiger partial charge in [0.2, 0.25) is 0 Å². The van der Waals surface area contributed by atoms with Gasteiger partial charge in [0.1, 0.15) is 0 Å². The molecule has 0 atom stereocenters. The minimum Gasteiger partial charge on any atom is -0.373 e. The first-order valence-corrected chi connectivity index (χ1v) is 4.31. The van der Waals surface area contributed by atoms with Crippen LogP contribution in [-0.4, -0.2) is 30.2 Å².